The molecule has 5 heteroatoms. The predicted molar refractivity (Wildman–Crippen MR) is 39.3 cm³/mol. The molecule has 0 aliphatic carbocycles. The van der Waals surface area contributed by atoms with E-state index in [0.29, 0.717) is 0 Å². The molecule has 0 saturated carbocycles. The number of aromatic nitrogens is 1. The Kier molecular flexibility index (Phi) is 2.23. The van der Waals surface area contributed by atoms with Gasteiger partial charge >= 0.3 is 0 Å². The molecule has 1 aromatic rings. The summed E-state index contributed by atoms with van der Waals surface area (Å²) in [4.78, 5) is 14.1. The first-order valence-corrected chi connectivity index (χ1v) is 3.15. The fourth-order valence-corrected chi connectivity index (χ4v) is 0.757. The summed E-state index contributed by atoms with van der Waals surface area (Å²) < 4.78 is 17.6. The molecule has 1 rings (SSSR count). The maximum atomic E-state index is 13.0. The van der Waals surface area contributed by atoms with Crippen LogP contribution in [-0.2, 0) is 0 Å². The van der Waals surface area contributed by atoms with Crippen LogP contribution < -0.4 is 10.5 Å². The quantitative estimate of drug-likeness (QED) is 0.695. The maximum Gasteiger partial charge on any atom is 0.251 e. The average molecular weight is 170 g/mol. The zero-order valence-corrected chi connectivity index (χ0v) is 6.37. The van der Waals surface area contributed by atoms with Crippen molar-refractivity contribution in [3.05, 3.63) is 23.6 Å². The Balaban J connectivity index is 3.23. The van der Waals surface area contributed by atoms with Gasteiger partial charge in [0.05, 0.1) is 12.7 Å². The first-order valence-electron chi connectivity index (χ1n) is 3.15. The summed E-state index contributed by atoms with van der Waals surface area (Å²) in [6, 6.07) is 1.19. The fourth-order valence-electron chi connectivity index (χ4n) is 0.757. The third kappa shape index (κ3) is 1.34. The minimum absolute atomic E-state index is 0.221. The van der Waals surface area contributed by atoms with Crippen molar-refractivity contribution >= 4 is 5.91 Å². The Labute approximate surface area is 68.2 Å². The molecule has 0 bridgehead atoms. The van der Waals surface area contributed by atoms with Gasteiger partial charge in [0, 0.05) is 6.20 Å². The number of pyridine rings is 1. The Bertz CT molecular complexity index is 314. The SMILES string of the molecule is COc1nccc(C(N)=O)c1F. The van der Waals surface area contributed by atoms with Crippen LogP contribution in [-0.4, -0.2) is 18.0 Å². The molecule has 64 valence electrons. The maximum absolute atomic E-state index is 13.0. The van der Waals surface area contributed by atoms with Gasteiger partial charge in [0.25, 0.3) is 11.8 Å². The van der Waals surface area contributed by atoms with Gasteiger partial charge < -0.3 is 10.5 Å². The van der Waals surface area contributed by atoms with Gasteiger partial charge in [-0.1, -0.05) is 0 Å². The zero-order valence-electron chi connectivity index (χ0n) is 6.37. The second-order valence-corrected chi connectivity index (χ2v) is 2.05. The molecule has 0 aliphatic heterocycles. The van der Waals surface area contributed by atoms with Crippen LogP contribution in [0.5, 0.6) is 5.88 Å². The predicted octanol–water partition coefficient (Wildman–Crippen LogP) is 0.328. The lowest BCUT2D eigenvalue weighted by atomic mass is 10.2. The number of methoxy groups -OCH3 is 1. The number of nitrogens with two attached hydrogens (primary N) is 1. The second-order valence-electron chi connectivity index (χ2n) is 2.05. The third-order valence-corrected chi connectivity index (χ3v) is 1.32. The third-order valence-electron chi connectivity index (χ3n) is 1.32. The molecule has 0 atom stereocenters. The highest BCUT2D eigenvalue weighted by Gasteiger charge is 2.13. The standard InChI is InChI=1S/C7H7FN2O2/c1-12-7-5(8)4(6(9)11)2-3-10-7/h2-3H,1H3,(H2,9,11). The van der Waals surface area contributed by atoms with Crippen molar-refractivity contribution in [2.24, 2.45) is 5.73 Å². The summed E-state index contributed by atoms with van der Waals surface area (Å²) in [6.07, 6.45) is 1.25. The van der Waals surface area contributed by atoms with Crippen LogP contribution in [0.3, 0.4) is 0 Å². The Morgan fingerprint density at radius 2 is 2.42 bits per heavy atom. The highest BCUT2D eigenvalue weighted by atomic mass is 19.1. The Hall–Kier alpha value is -1.65. The van der Waals surface area contributed by atoms with Gasteiger partial charge in [0.15, 0.2) is 5.82 Å². The largest absolute Gasteiger partial charge is 0.479 e. The van der Waals surface area contributed by atoms with Crippen LogP contribution in [0.15, 0.2) is 12.3 Å². The number of halogens is 1. The molecule has 1 aromatic heterocycles. The second kappa shape index (κ2) is 3.17. The first-order chi connectivity index (χ1) is 5.66. The zero-order chi connectivity index (χ0) is 9.14. The van der Waals surface area contributed by atoms with Crippen LogP contribution in [0.4, 0.5) is 4.39 Å². The van der Waals surface area contributed by atoms with Crippen LogP contribution in [0, 0.1) is 5.82 Å². The van der Waals surface area contributed by atoms with Gasteiger partial charge in [-0.05, 0) is 6.07 Å². The lowest BCUT2D eigenvalue weighted by Gasteiger charge is -2.01. The summed E-state index contributed by atoms with van der Waals surface area (Å²) in [5.41, 5.74) is 4.66. The molecule has 12 heavy (non-hydrogen) atoms. The van der Waals surface area contributed by atoms with Crippen molar-refractivity contribution in [1.29, 1.82) is 0 Å². The van der Waals surface area contributed by atoms with Crippen LogP contribution in [0.2, 0.25) is 0 Å². The average Bonchev–Trinajstić information content (AvgIpc) is 2.04. The summed E-state index contributed by atoms with van der Waals surface area (Å²) in [5, 5.41) is 0. The number of nitrogens with zero attached hydrogens (tertiary/aromatic N) is 1. The van der Waals surface area contributed by atoms with Gasteiger partial charge in [-0.25, -0.2) is 9.37 Å². The number of ether oxygens (including phenoxy) is 1. The lowest BCUT2D eigenvalue weighted by Crippen LogP contribution is -2.14. The van der Waals surface area contributed by atoms with Crippen LogP contribution in [0.1, 0.15) is 10.4 Å². The molecule has 1 amide bonds. The number of hydrogen-bond acceptors (Lipinski definition) is 3. The van der Waals surface area contributed by atoms with E-state index in [1.807, 2.05) is 0 Å². The monoisotopic (exact) mass is 170 g/mol. The fraction of sp³-hybridized carbons (Fsp3) is 0.143. The number of carbonyl (C=O) groups is 1. The molecule has 2 N–H and O–H groups in total. The van der Waals surface area contributed by atoms with E-state index in [4.69, 9.17) is 5.73 Å². The van der Waals surface area contributed by atoms with E-state index in [-0.39, 0.29) is 11.4 Å². The molecule has 4 nitrogen and oxygen atoms in total. The number of rotatable bonds is 2. The van der Waals surface area contributed by atoms with E-state index in [1.165, 1.54) is 19.4 Å². The topological polar surface area (TPSA) is 65.2 Å². The Morgan fingerprint density at radius 1 is 1.75 bits per heavy atom. The molecular weight excluding hydrogens is 163 g/mol. The number of carbonyl (C=O) groups excluding carboxylic acids is 1. The van der Waals surface area contributed by atoms with E-state index in [0.717, 1.165) is 0 Å². The van der Waals surface area contributed by atoms with Crippen molar-refractivity contribution < 1.29 is 13.9 Å². The van der Waals surface area contributed by atoms with Gasteiger partial charge in [-0.3, -0.25) is 4.79 Å². The summed E-state index contributed by atoms with van der Waals surface area (Å²) in [7, 11) is 1.26. The molecule has 1 heterocycles. The van der Waals surface area contributed by atoms with Crippen LogP contribution in [0.25, 0.3) is 0 Å². The highest BCUT2D eigenvalue weighted by Crippen LogP contribution is 2.15. The molecule has 0 aliphatic rings. The van der Waals surface area contributed by atoms with Crippen molar-refractivity contribution in [2.75, 3.05) is 7.11 Å². The molecule has 0 aromatic carbocycles. The van der Waals surface area contributed by atoms with Gasteiger partial charge in [-0.15, -0.1) is 0 Å². The smallest absolute Gasteiger partial charge is 0.251 e. The molecule has 0 saturated heterocycles. The first kappa shape index (κ1) is 8.45. The number of amides is 1. The molecular formula is C7H7FN2O2. The highest BCUT2D eigenvalue weighted by molar-refractivity contribution is 5.93. The molecule has 0 spiro atoms. The van der Waals surface area contributed by atoms with E-state index in [9.17, 15) is 9.18 Å². The van der Waals surface area contributed by atoms with Crippen molar-refractivity contribution in [3.63, 3.8) is 0 Å². The van der Waals surface area contributed by atoms with Gasteiger partial charge in [-0.2, -0.15) is 0 Å². The summed E-state index contributed by atoms with van der Waals surface area (Å²) in [5.74, 6) is -1.90. The van der Waals surface area contributed by atoms with Crippen molar-refractivity contribution in [1.82, 2.24) is 4.98 Å². The van der Waals surface area contributed by atoms with E-state index < -0.39 is 11.7 Å². The molecule has 0 unspecified atom stereocenters. The minimum atomic E-state index is -0.840. The van der Waals surface area contributed by atoms with E-state index in [1.54, 1.807) is 0 Å². The Morgan fingerprint density at radius 3 is 2.92 bits per heavy atom. The van der Waals surface area contributed by atoms with Crippen LogP contribution >= 0.6 is 0 Å². The molecule has 0 radical (unpaired) electrons. The van der Waals surface area contributed by atoms with Crippen molar-refractivity contribution in [3.8, 4) is 5.88 Å². The molecule has 0 fully saturated rings. The van der Waals surface area contributed by atoms with Crippen molar-refractivity contribution in [2.45, 2.75) is 0 Å². The minimum Gasteiger partial charge on any atom is -0.479 e. The number of hydrogen-bond donors (Lipinski definition) is 1. The lowest BCUT2D eigenvalue weighted by molar-refractivity contribution is 0.0995. The van der Waals surface area contributed by atoms with E-state index >= 15 is 0 Å². The van der Waals surface area contributed by atoms with E-state index in [2.05, 4.69) is 9.72 Å². The van der Waals surface area contributed by atoms with Gasteiger partial charge in [0.1, 0.15) is 0 Å². The van der Waals surface area contributed by atoms with Gasteiger partial charge in [0.2, 0.25) is 0 Å². The number of primary amides is 1. The summed E-state index contributed by atoms with van der Waals surface area (Å²) in [6.45, 7) is 0. The normalized spacial score (nSPS) is 9.50. The summed E-state index contributed by atoms with van der Waals surface area (Å²) >= 11 is 0.